The van der Waals surface area contributed by atoms with Crippen molar-refractivity contribution in [1.29, 1.82) is 0 Å². The monoisotopic (exact) mass is 368 g/mol. The van der Waals surface area contributed by atoms with Gasteiger partial charge in [0.15, 0.2) is 0 Å². The molecule has 0 bridgehead atoms. The van der Waals surface area contributed by atoms with Crippen LogP contribution in [0, 0.1) is 17.7 Å². The van der Waals surface area contributed by atoms with E-state index in [1.165, 1.54) is 35.6 Å². The minimum absolute atomic E-state index is 0.153. The number of fused-ring (bicyclic) bond motifs is 1. The lowest BCUT2D eigenvalue weighted by molar-refractivity contribution is 0.0706. The first-order chi connectivity index (χ1) is 12.6. The highest BCUT2D eigenvalue weighted by molar-refractivity contribution is 7.20. The van der Waals surface area contributed by atoms with E-state index >= 15 is 0 Å². The van der Waals surface area contributed by atoms with Gasteiger partial charge < -0.3 is 5.32 Å². The molecule has 0 saturated carbocycles. The highest BCUT2D eigenvalue weighted by atomic mass is 32.1. The van der Waals surface area contributed by atoms with Crippen LogP contribution in [-0.4, -0.2) is 23.6 Å². The number of halogens is 1. The Bertz CT molecular complexity index is 1030. The Morgan fingerprint density at radius 1 is 1.08 bits per heavy atom. The second kappa shape index (κ2) is 7.78. The first-order valence-electron chi connectivity index (χ1n) is 7.57. The molecule has 0 atom stereocenters. The van der Waals surface area contributed by atoms with Crippen LogP contribution in [0.4, 0.5) is 4.39 Å². The van der Waals surface area contributed by atoms with Gasteiger partial charge in [0.1, 0.15) is 5.82 Å². The molecule has 0 fully saturated rings. The molecule has 3 N–H and O–H groups in total. The summed E-state index contributed by atoms with van der Waals surface area (Å²) in [5, 5.41) is 11.9. The number of carbonyl (C=O) groups is 2. The van der Waals surface area contributed by atoms with Crippen LogP contribution in [-0.2, 0) is 0 Å². The number of amides is 2. The molecule has 0 saturated heterocycles. The van der Waals surface area contributed by atoms with Crippen LogP contribution in [0.2, 0.25) is 0 Å². The van der Waals surface area contributed by atoms with Gasteiger partial charge >= 0.3 is 0 Å². The van der Waals surface area contributed by atoms with Gasteiger partial charge in [0.05, 0.1) is 11.4 Å². The number of hydrogen-bond donors (Lipinski definition) is 3. The molecular weight excluding hydrogens is 355 g/mol. The lowest BCUT2D eigenvalue weighted by Crippen LogP contribution is -2.22. The number of nitrogens with one attached hydrogen (secondary N) is 2. The Labute approximate surface area is 152 Å². The van der Waals surface area contributed by atoms with Crippen molar-refractivity contribution in [3.63, 3.8) is 0 Å². The zero-order valence-corrected chi connectivity index (χ0v) is 14.2. The quantitative estimate of drug-likeness (QED) is 0.378. The van der Waals surface area contributed by atoms with Gasteiger partial charge in [-0.15, -0.1) is 11.3 Å². The minimum Gasteiger partial charge on any atom is -0.340 e. The zero-order valence-electron chi connectivity index (χ0n) is 13.4. The molecule has 0 aliphatic carbocycles. The van der Waals surface area contributed by atoms with Gasteiger partial charge in [-0.3, -0.25) is 14.8 Å². The SMILES string of the molecule is O=C(NO)c1ccc(C#CCNC(=O)c2cc3cc(F)ccc3s2)cc1. The van der Waals surface area contributed by atoms with E-state index in [-0.39, 0.29) is 18.3 Å². The first kappa shape index (κ1) is 17.6. The predicted molar refractivity (Wildman–Crippen MR) is 96.7 cm³/mol. The van der Waals surface area contributed by atoms with E-state index in [0.717, 1.165) is 4.70 Å². The molecule has 7 heteroatoms. The van der Waals surface area contributed by atoms with Crippen molar-refractivity contribution in [2.24, 2.45) is 0 Å². The van der Waals surface area contributed by atoms with Crippen LogP contribution in [0.1, 0.15) is 25.6 Å². The average molecular weight is 368 g/mol. The number of thiophene rings is 1. The topological polar surface area (TPSA) is 78.4 Å². The lowest BCUT2D eigenvalue weighted by Gasteiger charge is -1.98. The molecule has 130 valence electrons. The van der Waals surface area contributed by atoms with Crippen LogP contribution in [0.5, 0.6) is 0 Å². The number of carbonyl (C=O) groups excluding carboxylic acids is 2. The van der Waals surface area contributed by atoms with Gasteiger partial charge in [-0.25, -0.2) is 9.87 Å². The maximum Gasteiger partial charge on any atom is 0.274 e. The fraction of sp³-hybridized carbons (Fsp3) is 0.0526. The molecule has 2 aromatic carbocycles. The molecule has 26 heavy (non-hydrogen) atoms. The van der Waals surface area contributed by atoms with Crippen molar-refractivity contribution >= 4 is 33.2 Å². The fourth-order valence-corrected chi connectivity index (χ4v) is 3.21. The summed E-state index contributed by atoms with van der Waals surface area (Å²) in [5.74, 6) is 4.48. The maximum absolute atomic E-state index is 13.2. The van der Waals surface area contributed by atoms with Gasteiger partial charge in [0.2, 0.25) is 0 Å². The highest BCUT2D eigenvalue weighted by Gasteiger charge is 2.09. The lowest BCUT2D eigenvalue weighted by atomic mass is 10.1. The number of rotatable bonds is 3. The van der Waals surface area contributed by atoms with Crippen molar-refractivity contribution in [2.75, 3.05) is 6.54 Å². The maximum atomic E-state index is 13.2. The molecule has 1 aromatic heterocycles. The Morgan fingerprint density at radius 3 is 2.58 bits per heavy atom. The van der Waals surface area contributed by atoms with Crippen LogP contribution >= 0.6 is 11.3 Å². The second-order valence-electron chi connectivity index (χ2n) is 5.30. The summed E-state index contributed by atoms with van der Waals surface area (Å²) < 4.78 is 14.0. The Kier molecular flexibility index (Phi) is 5.27. The molecular formula is C19H13FN2O3S. The van der Waals surface area contributed by atoms with Crippen LogP contribution in [0.25, 0.3) is 10.1 Å². The summed E-state index contributed by atoms with van der Waals surface area (Å²) in [6, 6.07) is 12.4. The van der Waals surface area contributed by atoms with Crippen molar-refractivity contribution in [2.45, 2.75) is 0 Å². The summed E-state index contributed by atoms with van der Waals surface area (Å²) in [5.41, 5.74) is 2.54. The summed E-state index contributed by atoms with van der Waals surface area (Å²) in [7, 11) is 0. The van der Waals surface area contributed by atoms with Gasteiger partial charge in [0.25, 0.3) is 11.8 Å². The van der Waals surface area contributed by atoms with E-state index in [1.807, 2.05) is 0 Å². The Morgan fingerprint density at radius 2 is 1.85 bits per heavy atom. The predicted octanol–water partition coefficient (Wildman–Crippen LogP) is 2.94. The summed E-state index contributed by atoms with van der Waals surface area (Å²) in [6.45, 7) is 0.153. The van der Waals surface area contributed by atoms with Crippen molar-refractivity contribution in [3.8, 4) is 11.8 Å². The third kappa shape index (κ3) is 4.06. The normalized spacial score (nSPS) is 10.1. The molecule has 1 heterocycles. The largest absolute Gasteiger partial charge is 0.340 e. The molecule has 2 amide bonds. The van der Waals surface area contributed by atoms with E-state index in [0.29, 0.717) is 21.4 Å². The van der Waals surface area contributed by atoms with E-state index in [2.05, 4.69) is 17.2 Å². The highest BCUT2D eigenvalue weighted by Crippen LogP contribution is 2.26. The molecule has 5 nitrogen and oxygen atoms in total. The molecule has 0 aliphatic rings. The van der Waals surface area contributed by atoms with Crippen LogP contribution in [0.3, 0.4) is 0 Å². The standard InChI is InChI=1S/C19H13FN2O3S/c20-15-7-8-16-14(10-15)11-17(26-16)19(24)21-9-1-2-12-3-5-13(6-4-12)18(23)22-25/h3-8,10-11,25H,9H2,(H,21,24)(H,22,23). The van der Waals surface area contributed by atoms with Crippen molar-refractivity contribution < 1.29 is 19.2 Å². The first-order valence-corrected chi connectivity index (χ1v) is 8.39. The number of hydroxylamine groups is 1. The summed E-state index contributed by atoms with van der Waals surface area (Å²) in [4.78, 5) is 23.8. The molecule has 0 aliphatic heterocycles. The average Bonchev–Trinajstić information content (AvgIpc) is 3.08. The van der Waals surface area contributed by atoms with E-state index in [1.54, 1.807) is 29.7 Å². The fourth-order valence-electron chi connectivity index (χ4n) is 2.25. The van der Waals surface area contributed by atoms with Crippen LogP contribution in [0.15, 0.2) is 48.5 Å². The van der Waals surface area contributed by atoms with Crippen molar-refractivity contribution in [3.05, 3.63) is 70.4 Å². The van der Waals surface area contributed by atoms with Gasteiger partial charge in [-0.1, -0.05) is 11.8 Å². The van der Waals surface area contributed by atoms with Gasteiger partial charge in [0, 0.05) is 15.8 Å². The zero-order chi connectivity index (χ0) is 18.5. The van der Waals surface area contributed by atoms with Gasteiger partial charge in [-0.05, 0) is 53.9 Å². The summed E-state index contributed by atoms with van der Waals surface area (Å²) in [6.07, 6.45) is 0. The van der Waals surface area contributed by atoms with Gasteiger partial charge in [-0.2, -0.15) is 0 Å². The summed E-state index contributed by atoms with van der Waals surface area (Å²) >= 11 is 1.29. The molecule has 0 radical (unpaired) electrons. The third-order valence-electron chi connectivity index (χ3n) is 3.52. The van der Waals surface area contributed by atoms with E-state index in [9.17, 15) is 14.0 Å². The number of hydrogen-bond acceptors (Lipinski definition) is 4. The number of benzene rings is 2. The molecule has 3 rings (SSSR count). The van der Waals surface area contributed by atoms with E-state index < -0.39 is 5.91 Å². The van der Waals surface area contributed by atoms with Crippen molar-refractivity contribution in [1.82, 2.24) is 10.8 Å². The second-order valence-corrected chi connectivity index (χ2v) is 6.38. The Balaban J connectivity index is 1.59. The third-order valence-corrected chi connectivity index (χ3v) is 4.64. The molecule has 0 spiro atoms. The van der Waals surface area contributed by atoms with Crippen LogP contribution < -0.4 is 10.8 Å². The molecule has 3 aromatic rings. The Hall–Kier alpha value is -3.21. The molecule has 0 unspecified atom stereocenters. The smallest absolute Gasteiger partial charge is 0.274 e. The van der Waals surface area contributed by atoms with E-state index in [4.69, 9.17) is 5.21 Å². The minimum atomic E-state index is -0.597.